The first kappa shape index (κ1) is 12.0. The minimum atomic E-state index is -0.247. The summed E-state index contributed by atoms with van der Waals surface area (Å²) in [5.41, 5.74) is 3.79. The van der Waals surface area contributed by atoms with Crippen molar-refractivity contribution in [1.29, 1.82) is 0 Å². The number of aromatic nitrogens is 1. The number of aldehydes is 1. The normalized spacial score (nSPS) is 17.8. The second-order valence-corrected chi connectivity index (χ2v) is 4.87. The average Bonchev–Trinajstić information content (AvgIpc) is 2.47. The van der Waals surface area contributed by atoms with Gasteiger partial charge < -0.3 is 4.79 Å². The minimum absolute atomic E-state index is 0.0153. The van der Waals surface area contributed by atoms with Gasteiger partial charge in [0.15, 0.2) is 0 Å². The molecule has 1 aliphatic carbocycles. The lowest BCUT2D eigenvalue weighted by Gasteiger charge is -2.20. The van der Waals surface area contributed by atoms with Crippen LogP contribution in [0.15, 0.2) is 36.4 Å². The van der Waals surface area contributed by atoms with E-state index in [1.165, 1.54) is 12.1 Å². The zero-order chi connectivity index (χ0) is 13.2. The summed E-state index contributed by atoms with van der Waals surface area (Å²) in [6.45, 7) is 0. The highest BCUT2D eigenvalue weighted by Crippen LogP contribution is 2.31. The third-order valence-corrected chi connectivity index (χ3v) is 3.64. The fraction of sp³-hybridized carbons (Fsp3) is 0.250. The van der Waals surface area contributed by atoms with Crippen LogP contribution >= 0.6 is 0 Å². The molecule has 1 aliphatic rings. The van der Waals surface area contributed by atoms with Gasteiger partial charge in [0.25, 0.3) is 0 Å². The lowest BCUT2D eigenvalue weighted by molar-refractivity contribution is -0.109. The molecule has 1 atom stereocenters. The van der Waals surface area contributed by atoms with Crippen LogP contribution < -0.4 is 0 Å². The summed E-state index contributed by atoms with van der Waals surface area (Å²) >= 11 is 0. The van der Waals surface area contributed by atoms with Gasteiger partial charge in [0.2, 0.25) is 0 Å². The second-order valence-electron chi connectivity index (χ2n) is 4.87. The summed E-state index contributed by atoms with van der Waals surface area (Å²) in [4.78, 5) is 15.7. The van der Waals surface area contributed by atoms with Crippen LogP contribution in [0.4, 0.5) is 4.39 Å². The van der Waals surface area contributed by atoms with Crippen molar-refractivity contribution < 1.29 is 9.18 Å². The van der Waals surface area contributed by atoms with Gasteiger partial charge in [-0.2, -0.15) is 0 Å². The molecule has 0 spiro atoms. The van der Waals surface area contributed by atoms with Crippen LogP contribution in [0.2, 0.25) is 0 Å². The average molecular weight is 255 g/mol. The number of aryl methyl sites for hydroxylation is 1. The van der Waals surface area contributed by atoms with Gasteiger partial charge in [-0.05, 0) is 55.2 Å². The lowest BCUT2D eigenvalue weighted by Crippen LogP contribution is -2.12. The molecule has 19 heavy (non-hydrogen) atoms. The Balaban J connectivity index is 2.01. The number of benzene rings is 1. The maximum Gasteiger partial charge on any atom is 0.127 e. The van der Waals surface area contributed by atoms with Crippen LogP contribution in [0.25, 0.3) is 11.3 Å². The molecule has 3 heteroatoms. The molecule has 96 valence electrons. The smallest absolute Gasteiger partial charge is 0.127 e. The van der Waals surface area contributed by atoms with Crippen LogP contribution in [0.3, 0.4) is 0 Å². The van der Waals surface area contributed by atoms with Gasteiger partial charge in [0.1, 0.15) is 12.1 Å². The number of carbonyl (C=O) groups is 1. The highest BCUT2D eigenvalue weighted by Gasteiger charge is 2.20. The van der Waals surface area contributed by atoms with E-state index < -0.39 is 0 Å². The number of hydrogen-bond acceptors (Lipinski definition) is 2. The minimum Gasteiger partial charge on any atom is -0.303 e. The maximum atomic E-state index is 12.9. The first-order valence-electron chi connectivity index (χ1n) is 6.49. The summed E-state index contributed by atoms with van der Waals surface area (Å²) in [7, 11) is 0. The molecule has 0 amide bonds. The van der Waals surface area contributed by atoms with Crippen LogP contribution in [0.1, 0.15) is 30.0 Å². The Bertz CT molecular complexity index is 607. The van der Waals surface area contributed by atoms with Crippen LogP contribution in [0, 0.1) is 5.82 Å². The standard InChI is InChI=1S/C16H14FNO/c17-13-6-4-11(5-7-13)15-9-8-14-12(10-19)2-1-3-16(14)18-15/h4-10,12H,1-3H2. The summed E-state index contributed by atoms with van der Waals surface area (Å²) in [6.07, 6.45) is 3.83. The molecule has 1 aromatic heterocycles. The Hall–Kier alpha value is -2.03. The van der Waals surface area contributed by atoms with Crippen molar-refractivity contribution in [2.45, 2.75) is 25.2 Å². The monoisotopic (exact) mass is 255 g/mol. The van der Waals surface area contributed by atoms with Gasteiger partial charge in [-0.15, -0.1) is 0 Å². The first-order valence-corrected chi connectivity index (χ1v) is 6.49. The Morgan fingerprint density at radius 1 is 1.16 bits per heavy atom. The van der Waals surface area contributed by atoms with Crippen LogP contribution in [-0.2, 0) is 11.2 Å². The Morgan fingerprint density at radius 3 is 2.68 bits per heavy atom. The molecule has 0 radical (unpaired) electrons. The van der Waals surface area contributed by atoms with Gasteiger partial charge >= 0.3 is 0 Å². The molecule has 1 heterocycles. The van der Waals surface area contributed by atoms with E-state index in [4.69, 9.17) is 0 Å². The summed E-state index contributed by atoms with van der Waals surface area (Å²) in [5, 5.41) is 0. The number of pyridine rings is 1. The highest BCUT2D eigenvalue weighted by atomic mass is 19.1. The molecule has 0 fully saturated rings. The molecular weight excluding hydrogens is 241 g/mol. The van der Waals surface area contributed by atoms with Crippen molar-refractivity contribution in [2.75, 3.05) is 0 Å². The van der Waals surface area contributed by atoms with Crippen molar-refractivity contribution in [3.63, 3.8) is 0 Å². The molecular formula is C16H14FNO. The van der Waals surface area contributed by atoms with E-state index in [1.54, 1.807) is 12.1 Å². The number of halogens is 1. The number of rotatable bonds is 2. The Labute approximate surface area is 111 Å². The van der Waals surface area contributed by atoms with Gasteiger partial charge in [0.05, 0.1) is 5.69 Å². The van der Waals surface area contributed by atoms with E-state index in [-0.39, 0.29) is 11.7 Å². The number of fused-ring (bicyclic) bond motifs is 1. The van der Waals surface area contributed by atoms with Crippen LogP contribution in [-0.4, -0.2) is 11.3 Å². The largest absolute Gasteiger partial charge is 0.303 e. The molecule has 0 bridgehead atoms. The molecule has 2 aromatic rings. The second kappa shape index (κ2) is 4.92. The molecule has 0 saturated heterocycles. The molecule has 0 saturated carbocycles. The van der Waals surface area contributed by atoms with Crippen LogP contribution in [0.5, 0.6) is 0 Å². The fourth-order valence-corrected chi connectivity index (χ4v) is 2.62. The zero-order valence-electron chi connectivity index (χ0n) is 10.5. The van der Waals surface area contributed by atoms with E-state index in [0.29, 0.717) is 0 Å². The van der Waals surface area contributed by atoms with Gasteiger partial charge in [-0.1, -0.05) is 6.07 Å². The highest BCUT2D eigenvalue weighted by molar-refractivity contribution is 5.66. The van der Waals surface area contributed by atoms with Crippen molar-refractivity contribution in [3.05, 3.63) is 53.5 Å². The zero-order valence-corrected chi connectivity index (χ0v) is 10.5. The lowest BCUT2D eigenvalue weighted by atomic mass is 9.86. The van der Waals surface area contributed by atoms with Crippen molar-refractivity contribution in [3.8, 4) is 11.3 Å². The third-order valence-electron chi connectivity index (χ3n) is 3.64. The summed E-state index contributed by atoms with van der Waals surface area (Å²) in [6, 6.07) is 10.2. The van der Waals surface area contributed by atoms with E-state index in [2.05, 4.69) is 4.98 Å². The van der Waals surface area contributed by atoms with Crippen molar-refractivity contribution in [1.82, 2.24) is 4.98 Å². The molecule has 0 N–H and O–H groups in total. The van der Waals surface area contributed by atoms with E-state index >= 15 is 0 Å². The summed E-state index contributed by atoms with van der Waals surface area (Å²) in [5.74, 6) is -0.263. The quantitative estimate of drug-likeness (QED) is 0.769. The number of hydrogen-bond donors (Lipinski definition) is 0. The van der Waals surface area contributed by atoms with E-state index in [1.807, 2.05) is 12.1 Å². The van der Waals surface area contributed by atoms with Crippen molar-refractivity contribution >= 4 is 6.29 Å². The molecule has 2 nitrogen and oxygen atoms in total. The van der Waals surface area contributed by atoms with Crippen molar-refractivity contribution in [2.24, 2.45) is 0 Å². The first-order chi connectivity index (χ1) is 9.28. The Morgan fingerprint density at radius 2 is 1.95 bits per heavy atom. The predicted octanol–water partition coefficient (Wildman–Crippen LogP) is 3.51. The molecule has 1 aromatic carbocycles. The number of nitrogens with zero attached hydrogens (tertiary/aromatic N) is 1. The maximum absolute atomic E-state index is 12.9. The topological polar surface area (TPSA) is 30.0 Å². The molecule has 3 rings (SSSR count). The summed E-state index contributed by atoms with van der Waals surface area (Å²) < 4.78 is 12.9. The van der Waals surface area contributed by atoms with E-state index in [9.17, 15) is 9.18 Å². The van der Waals surface area contributed by atoms with Gasteiger partial charge in [-0.3, -0.25) is 4.98 Å². The third kappa shape index (κ3) is 2.28. The Kier molecular flexibility index (Phi) is 3.11. The predicted molar refractivity (Wildman–Crippen MR) is 71.4 cm³/mol. The van der Waals surface area contributed by atoms with Gasteiger partial charge in [0, 0.05) is 17.2 Å². The SMILES string of the molecule is O=CC1CCCc2nc(-c3ccc(F)cc3)ccc21. The number of carbonyl (C=O) groups excluding carboxylic acids is 1. The molecule has 0 aliphatic heterocycles. The molecule has 1 unspecified atom stereocenters. The van der Waals surface area contributed by atoms with Gasteiger partial charge in [-0.25, -0.2) is 4.39 Å². The fourth-order valence-electron chi connectivity index (χ4n) is 2.62. The van der Waals surface area contributed by atoms with E-state index in [0.717, 1.165) is 48.1 Å².